The third-order valence-corrected chi connectivity index (χ3v) is 3.40. The van der Waals surface area contributed by atoms with Crippen molar-refractivity contribution in [2.24, 2.45) is 0 Å². The van der Waals surface area contributed by atoms with Crippen molar-refractivity contribution in [2.45, 2.75) is 13.1 Å². The second kappa shape index (κ2) is 6.24. The highest BCUT2D eigenvalue weighted by atomic mass is 16.3. The van der Waals surface area contributed by atoms with Gasteiger partial charge < -0.3 is 10.4 Å². The van der Waals surface area contributed by atoms with Crippen molar-refractivity contribution in [1.29, 1.82) is 0 Å². The molecule has 0 unspecified atom stereocenters. The van der Waals surface area contributed by atoms with E-state index in [0.29, 0.717) is 12.3 Å². The number of rotatable bonds is 5. The summed E-state index contributed by atoms with van der Waals surface area (Å²) in [5.41, 5.74) is 4.25. The lowest BCUT2D eigenvalue weighted by molar-refractivity contribution is 0.464. The first kappa shape index (κ1) is 13.4. The predicted molar refractivity (Wildman–Crippen MR) is 82.7 cm³/mol. The van der Waals surface area contributed by atoms with E-state index in [2.05, 4.69) is 39.8 Å². The van der Waals surface area contributed by atoms with Crippen molar-refractivity contribution in [1.82, 2.24) is 15.5 Å². The molecule has 3 aromatic rings. The molecule has 21 heavy (non-hydrogen) atoms. The zero-order chi connectivity index (χ0) is 14.5. The molecule has 0 aliphatic rings. The number of aromatic nitrogens is 2. The molecule has 3 N–H and O–H groups in total. The molecule has 4 heteroatoms. The maximum absolute atomic E-state index is 9.70. The highest BCUT2D eigenvalue weighted by molar-refractivity contribution is 5.58. The van der Waals surface area contributed by atoms with Gasteiger partial charge in [0.1, 0.15) is 5.75 Å². The van der Waals surface area contributed by atoms with Crippen molar-refractivity contribution in [3.63, 3.8) is 0 Å². The normalized spacial score (nSPS) is 10.7. The summed E-state index contributed by atoms with van der Waals surface area (Å²) in [4.78, 5) is 0. The summed E-state index contributed by atoms with van der Waals surface area (Å²) < 4.78 is 0. The molecule has 3 rings (SSSR count). The highest BCUT2D eigenvalue weighted by Gasteiger charge is 2.01. The van der Waals surface area contributed by atoms with Crippen LogP contribution in [0.25, 0.3) is 11.3 Å². The second-order valence-electron chi connectivity index (χ2n) is 4.90. The molecule has 0 amide bonds. The molecular formula is C17H17N3O. The van der Waals surface area contributed by atoms with Crippen LogP contribution in [0.5, 0.6) is 5.75 Å². The number of hydrogen-bond donors (Lipinski definition) is 3. The number of aromatic hydroxyl groups is 1. The minimum absolute atomic E-state index is 0.333. The highest BCUT2D eigenvalue weighted by Crippen LogP contribution is 2.17. The Bertz CT molecular complexity index is 690. The summed E-state index contributed by atoms with van der Waals surface area (Å²) >= 11 is 0. The summed E-state index contributed by atoms with van der Waals surface area (Å²) in [6.45, 7) is 1.41. The summed E-state index contributed by atoms with van der Waals surface area (Å²) in [6, 6.07) is 17.7. The first-order valence-corrected chi connectivity index (χ1v) is 6.89. The molecular weight excluding hydrogens is 262 g/mol. The third-order valence-electron chi connectivity index (χ3n) is 3.40. The first-order chi connectivity index (χ1) is 10.3. The molecule has 0 radical (unpaired) electrons. The van der Waals surface area contributed by atoms with E-state index in [1.54, 1.807) is 12.3 Å². The number of nitrogens with one attached hydrogen (secondary N) is 2. The zero-order valence-electron chi connectivity index (χ0n) is 11.6. The van der Waals surface area contributed by atoms with E-state index in [0.717, 1.165) is 23.4 Å². The van der Waals surface area contributed by atoms with Crippen molar-refractivity contribution in [3.05, 3.63) is 71.9 Å². The number of benzene rings is 2. The largest absolute Gasteiger partial charge is 0.508 e. The van der Waals surface area contributed by atoms with E-state index in [-0.39, 0.29) is 0 Å². The molecule has 0 atom stereocenters. The van der Waals surface area contributed by atoms with Crippen molar-refractivity contribution >= 4 is 0 Å². The van der Waals surface area contributed by atoms with E-state index in [9.17, 15) is 5.11 Å². The number of phenols is 1. The van der Waals surface area contributed by atoms with Gasteiger partial charge in [0.05, 0.1) is 5.69 Å². The standard InChI is InChI=1S/C17H17N3O/c21-17-4-2-1-3-15(17)12-18-11-13-5-7-14(8-6-13)16-9-10-19-20-16/h1-10,18,21H,11-12H2,(H,19,20). The number of para-hydroxylation sites is 1. The Morgan fingerprint density at radius 3 is 2.48 bits per heavy atom. The minimum Gasteiger partial charge on any atom is -0.508 e. The average molecular weight is 279 g/mol. The molecule has 0 spiro atoms. The smallest absolute Gasteiger partial charge is 0.120 e. The molecule has 0 fully saturated rings. The van der Waals surface area contributed by atoms with Gasteiger partial charge in [-0.2, -0.15) is 5.10 Å². The molecule has 0 saturated heterocycles. The molecule has 0 bridgehead atoms. The lowest BCUT2D eigenvalue weighted by atomic mass is 10.1. The van der Waals surface area contributed by atoms with E-state index in [4.69, 9.17) is 0 Å². The Balaban J connectivity index is 1.58. The second-order valence-corrected chi connectivity index (χ2v) is 4.90. The maximum atomic E-state index is 9.70. The van der Waals surface area contributed by atoms with Crippen molar-refractivity contribution in [2.75, 3.05) is 0 Å². The van der Waals surface area contributed by atoms with Gasteiger partial charge in [0.2, 0.25) is 0 Å². The van der Waals surface area contributed by atoms with E-state index in [1.807, 2.05) is 24.3 Å². The van der Waals surface area contributed by atoms with Gasteiger partial charge in [-0.05, 0) is 23.3 Å². The van der Waals surface area contributed by atoms with Gasteiger partial charge in [-0.25, -0.2) is 0 Å². The van der Waals surface area contributed by atoms with Gasteiger partial charge >= 0.3 is 0 Å². The lowest BCUT2D eigenvalue weighted by Crippen LogP contribution is -2.12. The van der Waals surface area contributed by atoms with Gasteiger partial charge in [0.25, 0.3) is 0 Å². The molecule has 0 aliphatic heterocycles. The van der Waals surface area contributed by atoms with Crippen LogP contribution in [0.1, 0.15) is 11.1 Å². The van der Waals surface area contributed by atoms with Gasteiger partial charge in [-0.1, -0.05) is 42.5 Å². The summed E-state index contributed by atoms with van der Waals surface area (Å²) in [6.07, 6.45) is 1.75. The summed E-state index contributed by atoms with van der Waals surface area (Å²) in [7, 11) is 0. The predicted octanol–water partition coefficient (Wildman–Crippen LogP) is 3.07. The fourth-order valence-electron chi connectivity index (χ4n) is 2.22. The number of phenolic OH excluding ortho intramolecular Hbond substituents is 1. The fourth-order valence-corrected chi connectivity index (χ4v) is 2.22. The molecule has 1 heterocycles. The molecule has 4 nitrogen and oxygen atoms in total. The molecule has 106 valence electrons. The molecule has 0 saturated carbocycles. The van der Waals surface area contributed by atoms with Crippen LogP contribution in [-0.4, -0.2) is 15.3 Å². The number of hydrogen-bond acceptors (Lipinski definition) is 3. The van der Waals surface area contributed by atoms with Crippen LogP contribution in [0.2, 0.25) is 0 Å². The maximum Gasteiger partial charge on any atom is 0.120 e. The van der Waals surface area contributed by atoms with Crippen LogP contribution in [0, 0.1) is 0 Å². The van der Waals surface area contributed by atoms with Crippen LogP contribution in [-0.2, 0) is 13.1 Å². The Morgan fingerprint density at radius 2 is 1.76 bits per heavy atom. The Kier molecular flexibility index (Phi) is 3.98. The zero-order valence-corrected chi connectivity index (χ0v) is 11.6. The van der Waals surface area contributed by atoms with Gasteiger partial charge in [0, 0.05) is 24.8 Å². The summed E-state index contributed by atoms with van der Waals surface area (Å²) in [5, 5.41) is 19.9. The Labute approximate surface area is 123 Å². The number of nitrogens with zero attached hydrogens (tertiary/aromatic N) is 1. The lowest BCUT2D eigenvalue weighted by Gasteiger charge is -2.07. The number of aromatic amines is 1. The molecule has 1 aromatic heterocycles. The first-order valence-electron chi connectivity index (χ1n) is 6.89. The van der Waals surface area contributed by atoms with Crippen LogP contribution >= 0.6 is 0 Å². The van der Waals surface area contributed by atoms with Crippen LogP contribution in [0.15, 0.2) is 60.8 Å². The Morgan fingerprint density at radius 1 is 0.952 bits per heavy atom. The van der Waals surface area contributed by atoms with Gasteiger partial charge in [-0.3, -0.25) is 5.10 Å². The molecule has 0 aliphatic carbocycles. The van der Waals surface area contributed by atoms with E-state index >= 15 is 0 Å². The monoisotopic (exact) mass is 279 g/mol. The average Bonchev–Trinajstić information content (AvgIpc) is 3.04. The van der Waals surface area contributed by atoms with Crippen molar-refractivity contribution < 1.29 is 5.11 Å². The van der Waals surface area contributed by atoms with Crippen molar-refractivity contribution in [3.8, 4) is 17.0 Å². The summed E-state index contributed by atoms with van der Waals surface area (Å²) in [5.74, 6) is 0.333. The van der Waals surface area contributed by atoms with Gasteiger partial charge in [0.15, 0.2) is 0 Å². The SMILES string of the molecule is Oc1ccccc1CNCc1ccc(-c2ccn[nH]2)cc1. The van der Waals surface area contributed by atoms with E-state index in [1.165, 1.54) is 5.56 Å². The Hall–Kier alpha value is -2.59. The topological polar surface area (TPSA) is 60.9 Å². The fraction of sp³-hybridized carbons (Fsp3) is 0.118. The van der Waals surface area contributed by atoms with Crippen LogP contribution < -0.4 is 5.32 Å². The van der Waals surface area contributed by atoms with Gasteiger partial charge in [-0.15, -0.1) is 0 Å². The van der Waals surface area contributed by atoms with E-state index < -0.39 is 0 Å². The van der Waals surface area contributed by atoms with Crippen LogP contribution in [0.3, 0.4) is 0 Å². The third kappa shape index (κ3) is 3.30. The number of H-pyrrole nitrogens is 1. The minimum atomic E-state index is 0.333. The quantitative estimate of drug-likeness (QED) is 0.672. The molecule has 2 aromatic carbocycles. The van der Waals surface area contributed by atoms with Crippen LogP contribution in [0.4, 0.5) is 0 Å².